The van der Waals surface area contributed by atoms with Crippen LogP contribution in [0.4, 0.5) is 11.5 Å². The molecule has 118 valence electrons. The number of nitrogens with two attached hydrogens (primary N) is 1. The minimum absolute atomic E-state index is 0.174. The summed E-state index contributed by atoms with van der Waals surface area (Å²) in [5.74, 6) is -1.58. The summed E-state index contributed by atoms with van der Waals surface area (Å²) in [6, 6.07) is -0.174. The maximum atomic E-state index is 11.7. The van der Waals surface area contributed by atoms with E-state index in [9.17, 15) is 19.8 Å². The van der Waals surface area contributed by atoms with Crippen molar-refractivity contribution < 1.29 is 30.0 Å². The quantitative estimate of drug-likeness (QED) is 0.278. The van der Waals surface area contributed by atoms with Crippen LogP contribution in [0.2, 0.25) is 0 Å². The highest BCUT2D eigenvalue weighted by molar-refractivity contribution is 5.96. The van der Waals surface area contributed by atoms with E-state index in [2.05, 4.69) is 14.7 Å². The molecule has 0 unspecified atom stereocenters. The molecule has 0 fully saturated rings. The van der Waals surface area contributed by atoms with Gasteiger partial charge in [0.25, 0.3) is 17.5 Å². The smallest absolute Gasteiger partial charge is 0.298 e. The summed E-state index contributed by atoms with van der Waals surface area (Å²) in [7, 11) is 1.24. The lowest BCUT2D eigenvalue weighted by Gasteiger charge is -2.20. The fourth-order valence-electron chi connectivity index (χ4n) is 1.36. The van der Waals surface area contributed by atoms with Crippen LogP contribution in [0.3, 0.4) is 0 Å². The van der Waals surface area contributed by atoms with Gasteiger partial charge in [0.15, 0.2) is 11.9 Å². The van der Waals surface area contributed by atoms with Crippen molar-refractivity contribution in [2.24, 2.45) is 0 Å². The molecule has 1 heterocycles. The molecule has 0 aliphatic rings. The number of aliphatic hydroxyl groups excluding tert-OH is 4. The molecular formula is C10H16N4O7. The maximum absolute atomic E-state index is 11.7. The Kier molecular flexibility index (Phi) is 5.60. The first-order chi connectivity index (χ1) is 9.81. The Morgan fingerprint density at radius 3 is 2.57 bits per heavy atom. The first-order valence-corrected chi connectivity index (χ1v) is 5.71. The van der Waals surface area contributed by atoms with Gasteiger partial charge in [-0.3, -0.25) is 14.6 Å². The summed E-state index contributed by atoms with van der Waals surface area (Å²) in [4.78, 5) is 29.1. The molecule has 0 aliphatic heterocycles. The largest absolute Gasteiger partial charge is 0.468 e. The number of carbonyl (C=O) groups is 1. The first kappa shape index (κ1) is 16.8. The maximum Gasteiger partial charge on any atom is 0.298 e. The van der Waals surface area contributed by atoms with Gasteiger partial charge in [0, 0.05) is 0 Å². The summed E-state index contributed by atoms with van der Waals surface area (Å²) < 4.78 is 4.66. The number of amides is 1. The van der Waals surface area contributed by atoms with Crippen LogP contribution in [0.1, 0.15) is 0 Å². The molecule has 3 atom stereocenters. The van der Waals surface area contributed by atoms with Crippen LogP contribution in [0.5, 0.6) is 6.01 Å². The van der Waals surface area contributed by atoms with Crippen molar-refractivity contribution in [3.63, 3.8) is 0 Å². The average molecular weight is 304 g/mol. The summed E-state index contributed by atoms with van der Waals surface area (Å²) >= 11 is 0. The molecule has 21 heavy (non-hydrogen) atoms. The first-order valence-electron chi connectivity index (χ1n) is 5.71. The van der Waals surface area contributed by atoms with Crippen LogP contribution in [0, 0.1) is 0 Å². The zero-order valence-electron chi connectivity index (χ0n) is 11.0. The topological polar surface area (TPSA) is 191 Å². The predicted molar refractivity (Wildman–Crippen MR) is 69.6 cm³/mol. The number of hydrogen-bond acceptors (Lipinski definition) is 9. The normalized spacial score (nSPS) is 15.1. The van der Waals surface area contributed by atoms with E-state index in [4.69, 9.17) is 15.9 Å². The van der Waals surface area contributed by atoms with Crippen molar-refractivity contribution in [1.29, 1.82) is 0 Å². The molecule has 1 aromatic heterocycles. The SMILES string of the molecule is COc1nc(N)c(NC(=O)[C@@H](O)[C@H](O)[C@H](O)CO)c(=O)[nH]1. The van der Waals surface area contributed by atoms with Crippen LogP contribution in [0.25, 0.3) is 0 Å². The van der Waals surface area contributed by atoms with E-state index in [1.54, 1.807) is 0 Å². The van der Waals surface area contributed by atoms with Crippen LogP contribution in [-0.4, -0.2) is 68.3 Å². The fraction of sp³-hybridized carbons (Fsp3) is 0.500. The van der Waals surface area contributed by atoms with Crippen LogP contribution < -0.4 is 21.3 Å². The number of ether oxygens (including phenoxy) is 1. The number of methoxy groups -OCH3 is 1. The lowest BCUT2D eigenvalue weighted by molar-refractivity contribution is -0.137. The zero-order valence-corrected chi connectivity index (χ0v) is 11.0. The second-order valence-corrected chi connectivity index (χ2v) is 4.01. The molecule has 11 nitrogen and oxygen atoms in total. The molecule has 0 bridgehead atoms. The molecule has 8 N–H and O–H groups in total. The highest BCUT2D eigenvalue weighted by Gasteiger charge is 2.30. The molecular weight excluding hydrogens is 288 g/mol. The van der Waals surface area contributed by atoms with Crippen molar-refractivity contribution in [1.82, 2.24) is 9.97 Å². The van der Waals surface area contributed by atoms with E-state index in [0.29, 0.717) is 0 Å². The lowest BCUT2D eigenvalue weighted by Crippen LogP contribution is -2.46. The van der Waals surface area contributed by atoms with Crippen molar-refractivity contribution >= 4 is 17.4 Å². The van der Waals surface area contributed by atoms with Gasteiger partial charge < -0.3 is 36.2 Å². The van der Waals surface area contributed by atoms with Gasteiger partial charge in [0.2, 0.25) is 0 Å². The summed E-state index contributed by atoms with van der Waals surface area (Å²) in [6.45, 7) is -0.863. The Morgan fingerprint density at radius 1 is 1.48 bits per heavy atom. The van der Waals surface area contributed by atoms with Crippen LogP contribution >= 0.6 is 0 Å². The number of hydrogen-bond donors (Lipinski definition) is 7. The number of nitrogens with zero attached hydrogens (tertiary/aromatic N) is 1. The van der Waals surface area contributed by atoms with Crippen molar-refractivity contribution in [3.8, 4) is 6.01 Å². The molecule has 1 aromatic rings. The molecule has 0 saturated heterocycles. The monoisotopic (exact) mass is 304 g/mol. The van der Waals surface area contributed by atoms with E-state index in [1.165, 1.54) is 7.11 Å². The van der Waals surface area contributed by atoms with Crippen molar-refractivity contribution in [3.05, 3.63) is 10.4 Å². The molecule has 0 spiro atoms. The van der Waals surface area contributed by atoms with E-state index in [1.807, 2.05) is 5.32 Å². The van der Waals surface area contributed by atoms with E-state index >= 15 is 0 Å². The van der Waals surface area contributed by atoms with Crippen LogP contribution in [-0.2, 0) is 4.79 Å². The van der Waals surface area contributed by atoms with Gasteiger partial charge in [0.1, 0.15) is 17.9 Å². The lowest BCUT2D eigenvalue weighted by atomic mass is 10.1. The zero-order chi connectivity index (χ0) is 16.2. The standard InChI is InChI=1S/C10H16N4O7/c1-21-10-13-7(11)4(8(19)14-10)12-9(20)6(18)5(17)3(16)2-15/h3,5-6,15-18H,2H2,1H3,(H,12,20)(H3,11,13,14,19)/t3-,5-,6+/m1/s1. The highest BCUT2D eigenvalue weighted by atomic mass is 16.5. The third-order valence-corrected chi connectivity index (χ3v) is 2.54. The van der Waals surface area contributed by atoms with Gasteiger partial charge >= 0.3 is 0 Å². The minimum Gasteiger partial charge on any atom is -0.468 e. The molecule has 1 amide bonds. The Morgan fingerprint density at radius 2 is 2.10 bits per heavy atom. The number of rotatable bonds is 6. The van der Waals surface area contributed by atoms with Crippen molar-refractivity contribution in [2.75, 3.05) is 24.8 Å². The van der Waals surface area contributed by atoms with Gasteiger partial charge in [-0.05, 0) is 0 Å². The third-order valence-electron chi connectivity index (χ3n) is 2.54. The Hall–Kier alpha value is -2.21. The molecule has 0 aromatic carbocycles. The molecule has 1 rings (SSSR count). The number of nitrogens with one attached hydrogen (secondary N) is 2. The Balaban J connectivity index is 2.91. The summed E-state index contributed by atoms with van der Waals surface area (Å²) in [5.41, 5.74) is 4.16. The van der Waals surface area contributed by atoms with Gasteiger partial charge in [0.05, 0.1) is 13.7 Å². The number of aliphatic hydroxyl groups is 4. The van der Waals surface area contributed by atoms with E-state index < -0.39 is 42.1 Å². The third kappa shape index (κ3) is 3.88. The number of aromatic amines is 1. The number of H-pyrrole nitrogens is 1. The number of anilines is 2. The average Bonchev–Trinajstić information content (AvgIpc) is 2.47. The second-order valence-electron chi connectivity index (χ2n) is 4.01. The Bertz CT molecular complexity index is 561. The van der Waals surface area contributed by atoms with E-state index in [-0.39, 0.29) is 11.8 Å². The fourth-order valence-corrected chi connectivity index (χ4v) is 1.36. The van der Waals surface area contributed by atoms with E-state index in [0.717, 1.165) is 0 Å². The number of carbonyl (C=O) groups excluding carboxylic acids is 1. The number of aromatic nitrogens is 2. The molecule has 11 heteroatoms. The van der Waals surface area contributed by atoms with Gasteiger partial charge in [-0.2, -0.15) is 4.98 Å². The highest BCUT2D eigenvalue weighted by Crippen LogP contribution is 2.13. The van der Waals surface area contributed by atoms with Gasteiger partial charge in [-0.15, -0.1) is 0 Å². The van der Waals surface area contributed by atoms with Gasteiger partial charge in [-0.25, -0.2) is 0 Å². The van der Waals surface area contributed by atoms with Crippen LogP contribution in [0.15, 0.2) is 4.79 Å². The predicted octanol–water partition coefficient (Wildman–Crippen LogP) is -3.63. The van der Waals surface area contributed by atoms with Gasteiger partial charge in [-0.1, -0.05) is 0 Å². The number of nitrogen functional groups attached to an aromatic ring is 1. The summed E-state index contributed by atoms with van der Waals surface area (Å²) in [5, 5.41) is 38.6. The molecule has 0 saturated carbocycles. The molecule has 0 aliphatic carbocycles. The minimum atomic E-state index is -2.09. The molecule has 0 radical (unpaired) electrons. The second kappa shape index (κ2) is 6.99. The van der Waals surface area contributed by atoms with Crippen molar-refractivity contribution in [2.45, 2.75) is 18.3 Å². The summed E-state index contributed by atoms with van der Waals surface area (Å²) in [6.07, 6.45) is -5.76. The Labute approximate surface area is 118 Å².